The molecular formula is C33H37F4N9O. The quantitative estimate of drug-likeness (QED) is 0.220. The summed E-state index contributed by atoms with van der Waals surface area (Å²) in [5.41, 5.74) is 2.13. The van der Waals surface area contributed by atoms with E-state index in [2.05, 4.69) is 49.3 Å². The van der Waals surface area contributed by atoms with Gasteiger partial charge in [-0.05, 0) is 55.2 Å². The molecule has 0 radical (unpaired) electrons. The van der Waals surface area contributed by atoms with Crippen molar-refractivity contribution in [3.05, 3.63) is 65.6 Å². The number of nitrogens with zero attached hydrogens (tertiary/aromatic N) is 7. The van der Waals surface area contributed by atoms with Crippen molar-refractivity contribution in [1.82, 2.24) is 24.8 Å². The van der Waals surface area contributed by atoms with E-state index in [0.29, 0.717) is 66.1 Å². The van der Waals surface area contributed by atoms with E-state index in [-0.39, 0.29) is 17.8 Å². The van der Waals surface area contributed by atoms with Crippen LogP contribution in [0, 0.1) is 12.8 Å². The van der Waals surface area contributed by atoms with Crippen LogP contribution in [0.1, 0.15) is 41.8 Å². The zero-order valence-corrected chi connectivity index (χ0v) is 26.5. The minimum absolute atomic E-state index is 0.0583. The Hall–Kier alpha value is -4.59. The van der Waals surface area contributed by atoms with E-state index >= 15 is 0 Å². The predicted molar refractivity (Wildman–Crippen MR) is 174 cm³/mol. The highest BCUT2D eigenvalue weighted by atomic mass is 19.4. The molecule has 0 spiro atoms. The molecule has 2 fully saturated rings. The number of hydrogen-bond donors (Lipinski definition) is 2. The van der Waals surface area contributed by atoms with Crippen LogP contribution >= 0.6 is 0 Å². The Morgan fingerprint density at radius 3 is 2.49 bits per heavy atom. The Labute approximate surface area is 270 Å². The van der Waals surface area contributed by atoms with Gasteiger partial charge in [0.15, 0.2) is 5.82 Å². The molecule has 1 amide bonds. The second-order valence-electron chi connectivity index (χ2n) is 12.5. The zero-order chi connectivity index (χ0) is 33.3. The molecule has 2 aliphatic heterocycles. The largest absolute Gasteiger partial charge is 0.416 e. The number of benzene rings is 2. The van der Waals surface area contributed by atoms with Crippen LogP contribution in [0.25, 0.3) is 11.0 Å². The van der Waals surface area contributed by atoms with Gasteiger partial charge in [0, 0.05) is 61.9 Å². The highest BCUT2D eigenvalue weighted by Crippen LogP contribution is 2.35. The van der Waals surface area contributed by atoms with E-state index in [0.717, 1.165) is 37.3 Å². The SMILES string of the molecule is Cc1ccc(C(=O)Nc2cc(N3CCN(CC(C)C)CC3)cc(C(F)(F)F)c2)cc1Nc1ncnc2cnc(N3CC[C@H](F)C3)nc12. The molecule has 2 N–H and O–H groups in total. The fraction of sp³-hybridized carbons (Fsp3) is 0.424. The van der Waals surface area contributed by atoms with Gasteiger partial charge in [-0.2, -0.15) is 13.2 Å². The number of hydrogen-bond acceptors (Lipinski definition) is 9. The molecule has 4 aromatic rings. The summed E-state index contributed by atoms with van der Waals surface area (Å²) in [6.45, 7) is 10.5. The third-order valence-electron chi connectivity index (χ3n) is 8.39. The lowest BCUT2D eigenvalue weighted by atomic mass is 10.1. The van der Waals surface area contributed by atoms with E-state index < -0.39 is 23.8 Å². The van der Waals surface area contributed by atoms with Crippen molar-refractivity contribution in [1.29, 1.82) is 0 Å². The summed E-state index contributed by atoms with van der Waals surface area (Å²) in [4.78, 5) is 37.0. The van der Waals surface area contributed by atoms with Crippen molar-refractivity contribution < 1.29 is 22.4 Å². The molecule has 0 aliphatic carbocycles. The van der Waals surface area contributed by atoms with Gasteiger partial charge < -0.3 is 20.4 Å². The molecule has 1 atom stereocenters. The van der Waals surface area contributed by atoms with Crippen LogP contribution in [0.5, 0.6) is 0 Å². The topological polar surface area (TPSA) is 102 Å². The van der Waals surface area contributed by atoms with Crippen molar-refractivity contribution in [3.63, 3.8) is 0 Å². The molecule has 6 rings (SSSR count). The monoisotopic (exact) mass is 651 g/mol. The van der Waals surface area contributed by atoms with Gasteiger partial charge in [0.1, 0.15) is 23.5 Å². The molecule has 2 saturated heterocycles. The van der Waals surface area contributed by atoms with Crippen LogP contribution in [0.4, 0.5) is 46.4 Å². The Kier molecular flexibility index (Phi) is 9.13. The molecule has 2 aliphatic rings. The summed E-state index contributed by atoms with van der Waals surface area (Å²) >= 11 is 0. The van der Waals surface area contributed by atoms with E-state index in [1.165, 1.54) is 6.33 Å². The lowest BCUT2D eigenvalue weighted by Gasteiger charge is -2.37. The first kappa shape index (κ1) is 32.4. The number of carbonyl (C=O) groups is 1. The Bertz CT molecular complexity index is 1760. The van der Waals surface area contributed by atoms with Crippen LogP contribution in [0.2, 0.25) is 0 Å². The maximum atomic E-state index is 13.9. The van der Waals surface area contributed by atoms with Crippen molar-refractivity contribution >= 4 is 45.8 Å². The number of halogens is 4. The van der Waals surface area contributed by atoms with Gasteiger partial charge in [-0.15, -0.1) is 0 Å². The molecule has 2 aromatic carbocycles. The van der Waals surface area contributed by atoms with Gasteiger partial charge in [-0.3, -0.25) is 9.69 Å². The molecule has 47 heavy (non-hydrogen) atoms. The van der Waals surface area contributed by atoms with Crippen molar-refractivity contribution in [2.45, 2.75) is 39.5 Å². The highest BCUT2D eigenvalue weighted by molar-refractivity contribution is 6.05. The molecule has 10 nitrogen and oxygen atoms in total. The van der Waals surface area contributed by atoms with Crippen LogP contribution in [-0.4, -0.2) is 82.7 Å². The van der Waals surface area contributed by atoms with Gasteiger partial charge in [0.05, 0.1) is 18.3 Å². The second kappa shape index (κ2) is 13.3. The van der Waals surface area contributed by atoms with E-state index in [1.54, 1.807) is 35.4 Å². The highest BCUT2D eigenvalue weighted by Gasteiger charge is 2.32. The fourth-order valence-electron chi connectivity index (χ4n) is 5.95. The molecular weight excluding hydrogens is 614 g/mol. The number of piperazine rings is 1. The van der Waals surface area contributed by atoms with Crippen molar-refractivity contribution in [2.24, 2.45) is 5.92 Å². The van der Waals surface area contributed by atoms with Crippen molar-refractivity contribution in [2.75, 3.05) is 66.2 Å². The van der Waals surface area contributed by atoms with Crippen LogP contribution in [0.15, 0.2) is 48.9 Å². The smallest absolute Gasteiger partial charge is 0.369 e. The van der Waals surface area contributed by atoms with Crippen LogP contribution in [-0.2, 0) is 6.18 Å². The minimum atomic E-state index is -4.58. The number of carbonyl (C=O) groups excluding carboxylic acids is 1. The number of alkyl halides is 4. The number of aryl methyl sites for hydroxylation is 1. The van der Waals surface area contributed by atoms with Gasteiger partial charge in [-0.25, -0.2) is 24.3 Å². The van der Waals surface area contributed by atoms with E-state index in [4.69, 9.17) is 0 Å². The molecule has 14 heteroatoms. The summed E-state index contributed by atoms with van der Waals surface area (Å²) in [6.07, 6.45) is -2.20. The average molecular weight is 652 g/mol. The Morgan fingerprint density at radius 1 is 1.00 bits per heavy atom. The standard InChI is InChI=1S/C33H37F4N9O/c1-20(2)17-44-8-10-45(11-9-44)26-14-23(33(35,36)37)13-25(15-26)41-31(47)22-5-4-21(3)27(12-22)42-30-29-28(39-19-40-30)16-38-32(43-29)46-7-6-24(34)18-46/h4-5,12-16,19-20,24H,6-11,17-18H2,1-3H3,(H,41,47)(H,39,40,42)/t24-/m0/s1. The fourth-order valence-corrected chi connectivity index (χ4v) is 5.95. The first-order valence-electron chi connectivity index (χ1n) is 15.7. The molecule has 0 saturated carbocycles. The molecule has 248 valence electrons. The first-order chi connectivity index (χ1) is 22.4. The number of rotatable bonds is 8. The van der Waals surface area contributed by atoms with Crippen LogP contribution in [0.3, 0.4) is 0 Å². The first-order valence-corrected chi connectivity index (χ1v) is 15.7. The maximum Gasteiger partial charge on any atom is 0.416 e. The summed E-state index contributed by atoms with van der Waals surface area (Å²) in [5.74, 6) is 0.680. The van der Waals surface area contributed by atoms with Gasteiger partial charge >= 0.3 is 6.18 Å². The van der Waals surface area contributed by atoms with Crippen LogP contribution < -0.4 is 20.4 Å². The maximum absolute atomic E-state index is 13.9. The number of fused-ring (bicyclic) bond motifs is 1. The summed E-state index contributed by atoms with van der Waals surface area (Å²) in [6, 6.07) is 8.64. The minimum Gasteiger partial charge on any atom is -0.369 e. The number of anilines is 5. The van der Waals surface area contributed by atoms with Gasteiger partial charge in [0.2, 0.25) is 5.95 Å². The summed E-state index contributed by atoms with van der Waals surface area (Å²) < 4.78 is 55.6. The van der Waals surface area contributed by atoms with Gasteiger partial charge in [-0.1, -0.05) is 19.9 Å². The molecule has 2 aromatic heterocycles. The third kappa shape index (κ3) is 7.53. The molecule has 0 bridgehead atoms. The van der Waals surface area contributed by atoms with E-state index in [9.17, 15) is 22.4 Å². The van der Waals surface area contributed by atoms with Gasteiger partial charge in [0.25, 0.3) is 5.91 Å². The third-order valence-corrected chi connectivity index (χ3v) is 8.39. The lowest BCUT2D eigenvalue weighted by Crippen LogP contribution is -2.47. The normalized spacial score (nSPS) is 17.5. The summed E-state index contributed by atoms with van der Waals surface area (Å²) in [7, 11) is 0. The summed E-state index contributed by atoms with van der Waals surface area (Å²) in [5, 5.41) is 5.91. The zero-order valence-electron chi connectivity index (χ0n) is 26.5. The Balaban J connectivity index is 1.23. The molecule has 0 unspecified atom stereocenters. The average Bonchev–Trinajstić information content (AvgIpc) is 3.47. The number of nitrogens with one attached hydrogen (secondary N) is 2. The predicted octanol–water partition coefficient (Wildman–Crippen LogP) is 6.07. The lowest BCUT2D eigenvalue weighted by molar-refractivity contribution is -0.137. The Morgan fingerprint density at radius 2 is 1.79 bits per heavy atom. The molecule has 4 heterocycles. The second-order valence-corrected chi connectivity index (χ2v) is 12.5. The number of amides is 1. The number of aromatic nitrogens is 4. The van der Waals surface area contributed by atoms with Crippen molar-refractivity contribution in [3.8, 4) is 0 Å². The van der Waals surface area contributed by atoms with E-state index in [1.807, 2.05) is 11.8 Å².